The molecule has 0 aliphatic heterocycles. The molecule has 0 spiro atoms. The maximum atomic E-state index is 12.1. The molecule has 0 saturated carbocycles. The van der Waals surface area contributed by atoms with Crippen molar-refractivity contribution in [1.29, 1.82) is 0 Å². The second-order valence-corrected chi connectivity index (χ2v) is 7.16. The third-order valence-electron chi connectivity index (χ3n) is 3.03. The van der Waals surface area contributed by atoms with Crippen LogP contribution in [0.3, 0.4) is 0 Å². The van der Waals surface area contributed by atoms with Crippen molar-refractivity contribution in [3.05, 3.63) is 23.8 Å². The average molecular weight is 334 g/mol. The Hall–Kier alpha value is -1.27. The fourth-order valence-corrected chi connectivity index (χ4v) is 2.64. The van der Waals surface area contributed by atoms with Crippen LogP contribution in [0.4, 0.5) is 0 Å². The zero-order chi connectivity index (χ0) is 16.0. The molecule has 1 aromatic rings. The number of unbranched alkanes of at least 4 members (excludes halogenated alkanes) is 1. The Morgan fingerprint density at radius 3 is 2.52 bits per heavy atom. The standard InChI is InChI=1S/C14H20ClNO4S/c1-4-6-9-20-12-8-7-11(14(17)16(3)5-2)10-13(12)21(15,18)19/h7-8,10H,4-6,9H2,1-3H3. The summed E-state index contributed by atoms with van der Waals surface area (Å²) in [5.74, 6) is -0.0895. The summed E-state index contributed by atoms with van der Waals surface area (Å²) >= 11 is 0. The Kier molecular flexibility index (Phi) is 6.48. The summed E-state index contributed by atoms with van der Waals surface area (Å²) in [4.78, 5) is 13.4. The van der Waals surface area contributed by atoms with Crippen LogP contribution in [-0.2, 0) is 9.05 Å². The van der Waals surface area contributed by atoms with Gasteiger partial charge in [0.15, 0.2) is 0 Å². The minimum atomic E-state index is -3.98. The second kappa shape index (κ2) is 7.66. The molecular weight excluding hydrogens is 314 g/mol. The van der Waals surface area contributed by atoms with Crippen LogP contribution in [0.15, 0.2) is 23.1 Å². The SMILES string of the molecule is CCCCOc1ccc(C(=O)N(C)CC)cc1S(=O)(=O)Cl. The van der Waals surface area contributed by atoms with Gasteiger partial charge in [-0.3, -0.25) is 4.79 Å². The first-order chi connectivity index (χ1) is 9.81. The van der Waals surface area contributed by atoms with Crippen molar-refractivity contribution >= 4 is 25.6 Å². The van der Waals surface area contributed by atoms with E-state index in [1.807, 2.05) is 13.8 Å². The Bertz CT molecular complexity index is 601. The van der Waals surface area contributed by atoms with Gasteiger partial charge in [-0.2, -0.15) is 0 Å². The van der Waals surface area contributed by atoms with E-state index < -0.39 is 9.05 Å². The van der Waals surface area contributed by atoms with E-state index in [1.165, 1.54) is 17.0 Å². The maximum Gasteiger partial charge on any atom is 0.265 e. The Labute approximate surface area is 130 Å². The van der Waals surface area contributed by atoms with E-state index in [0.717, 1.165) is 12.8 Å². The summed E-state index contributed by atoms with van der Waals surface area (Å²) in [5, 5.41) is 0. The van der Waals surface area contributed by atoms with E-state index >= 15 is 0 Å². The second-order valence-electron chi connectivity index (χ2n) is 4.62. The van der Waals surface area contributed by atoms with Gasteiger partial charge in [0.25, 0.3) is 15.0 Å². The van der Waals surface area contributed by atoms with Crippen molar-refractivity contribution < 1.29 is 17.9 Å². The summed E-state index contributed by atoms with van der Waals surface area (Å²) in [6, 6.07) is 4.28. The number of benzene rings is 1. The third kappa shape index (κ3) is 4.89. The summed E-state index contributed by atoms with van der Waals surface area (Å²) < 4.78 is 28.8. The molecule has 0 atom stereocenters. The van der Waals surface area contributed by atoms with Gasteiger partial charge >= 0.3 is 0 Å². The molecule has 0 aromatic heterocycles. The van der Waals surface area contributed by atoms with Crippen molar-refractivity contribution in [2.45, 2.75) is 31.6 Å². The number of nitrogens with zero attached hydrogens (tertiary/aromatic N) is 1. The van der Waals surface area contributed by atoms with Crippen LogP contribution in [0, 0.1) is 0 Å². The molecule has 7 heteroatoms. The molecular formula is C14H20ClNO4S. The Morgan fingerprint density at radius 1 is 1.33 bits per heavy atom. The van der Waals surface area contributed by atoms with Crippen LogP contribution < -0.4 is 4.74 Å². The van der Waals surface area contributed by atoms with E-state index in [9.17, 15) is 13.2 Å². The summed E-state index contributed by atoms with van der Waals surface area (Å²) in [5.41, 5.74) is 0.265. The molecule has 21 heavy (non-hydrogen) atoms. The van der Waals surface area contributed by atoms with Gasteiger partial charge in [0, 0.05) is 29.8 Å². The number of hydrogen-bond donors (Lipinski definition) is 0. The van der Waals surface area contributed by atoms with Gasteiger partial charge in [-0.25, -0.2) is 8.42 Å². The lowest BCUT2D eigenvalue weighted by atomic mass is 10.2. The number of rotatable bonds is 7. The summed E-state index contributed by atoms with van der Waals surface area (Å²) in [6.07, 6.45) is 1.74. The molecule has 0 heterocycles. The lowest BCUT2D eigenvalue weighted by molar-refractivity contribution is 0.0802. The van der Waals surface area contributed by atoms with Crippen LogP contribution in [0.2, 0.25) is 0 Å². The van der Waals surface area contributed by atoms with Gasteiger partial charge in [0.2, 0.25) is 0 Å². The molecule has 0 unspecified atom stereocenters. The van der Waals surface area contributed by atoms with Crippen LogP contribution in [-0.4, -0.2) is 39.4 Å². The van der Waals surface area contributed by atoms with Gasteiger partial charge in [-0.15, -0.1) is 0 Å². The van der Waals surface area contributed by atoms with Crippen LogP contribution >= 0.6 is 10.7 Å². The van der Waals surface area contributed by atoms with E-state index in [-0.39, 0.29) is 22.1 Å². The number of hydrogen-bond acceptors (Lipinski definition) is 4. The molecule has 0 fully saturated rings. The van der Waals surface area contributed by atoms with Crippen LogP contribution in [0.5, 0.6) is 5.75 Å². The van der Waals surface area contributed by atoms with Crippen LogP contribution in [0.1, 0.15) is 37.0 Å². The first kappa shape index (κ1) is 17.8. The minimum absolute atomic E-state index is 0.171. The first-order valence-electron chi connectivity index (χ1n) is 6.78. The molecule has 0 aliphatic rings. The molecule has 0 bridgehead atoms. The smallest absolute Gasteiger partial charge is 0.265 e. The summed E-state index contributed by atoms with van der Waals surface area (Å²) in [7, 11) is 3.09. The fourth-order valence-electron chi connectivity index (χ4n) is 1.64. The number of halogens is 1. The lowest BCUT2D eigenvalue weighted by Gasteiger charge is -2.16. The van der Waals surface area contributed by atoms with E-state index in [1.54, 1.807) is 13.1 Å². The van der Waals surface area contributed by atoms with Crippen molar-refractivity contribution in [2.24, 2.45) is 0 Å². The zero-order valence-corrected chi connectivity index (χ0v) is 14.0. The predicted octanol–water partition coefficient (Wildman–Crippen LogP) is 2.88. The molecule has 1 aromatic carbocycles. The highest BCUT2D eigenvalue weighted by molar-refractivity contribution is 8.13. The highest BCUT2D eigenvalue weighted by atomic mass is 35.7. The first-order valence-corrected chi connectivity index (χ1v) is 9.09. The van der Waals surface area contributed by atoms with Crippen molar-refractivity contribution in [3.8, 4) is 5.75 Å². The molecule has 0 radical (unpaired) electrons. The van der Waals surface area contributed by atoms with Crippen molar-refractivity contribution in [1.82, 2.24) is 4.90 Å². The van der Waals surface area contributed by atoms with Crippen molar-refractivity contribution in [3.63, 3.8) is 0 Å². The fraction of sp³-hybridized carbons (Fsp3) is 0.500. The topological polar surface area (TPSA) is 63.7 Å². The van der Waals surface area contributed by atoms with Gasteiger partial charge in [0.1, 0.15) is 10.6 Å². The molecule has 5 nitrogen and oxygen atoms in total. The maximum absolute atomic E-state index is 12.1. The monoisotopic (exact) mass is 333 g/mol. The average Bonchev–Trinajstić information content (AvgIpc) is 2.45. The van der Waals surface area contributed by atoms with E-state index in [2.05, 4.69) is 0 Å². The summed E-state index contributed by atoms with van der Waals surface area (Å²) in [6.45, 7) is 4.76. The predicted molar refractivity (Wildman–Crippen MR) is 82.5 cm³/mol. The lowest BCUT2D eigenvalue weighted by Crippen LogP contribution is -2.26. The van der Waals surface area contributed by atoms with Gasteiger partial charge in [-0.05, 0) is 31.5 Å². The molecule has 118 valence electrons. The largest absolute Gasteiger partial charge is 0.492 e. The Morgan fingerprint density at radius 2 is 2.00 bits per heavy atom. The van der Waals surface area contributed by atoms with Gasteiger partial charge in [0.05, 0.1) is 6.61 Å². The molecule has 1 amide bonds. The normalized spacial score (nSPS) is 11.2. The van der Waals surface area contributed by atoms with E-state index in [0.29, 0.717) is 13.2 Å². The van der Waals surface area contributed by atoms with Gasteiger partial charge in [-0.1, -0.05) is 13.3 Å². The quantitative estimate of drug-likeness (QED) is 0.568. The molecule has 0 N–H and O–H groups in total. The highest BCUT2D eigenvalue weighted by Crippen LogP contribution is 2.28. The highest BCUT2D eigenvalue weighted by Gasteiger charge is 2.20. The molecule has 0 saturated heterocycles. The number of carbonyl (C=O) groups is 1. The molecule has 1 rings (SSSR count). The Balaban J connectivity index is 3.16. The molecule has 0 aliphatic carbocycles. The zero-order valence-electron chi connectivity index (χ0n) is 12.4. The van der Waals surface area contributed by atoms with Crippen LogP contribution in [0.25, 0.3) is 0 Å². The van der Waals surface area contributed by atoms with Gasteiger partial charge < -0.3 is 9.64 Å². The third-order valence-corrected chi connectivity index (χ3v) is 4.37. The number of carbonyl (C=O) groups excluding carboxylic acids is 1. The minimum Gasteiger partial charge on any atom is -0.492 e. The van der Waals surface area contributed by atoms with Crippen molar-refractivity contribution in [2.75, 3.05) is 20.2 Å². The number of ether oxygens (including phenoxy) is 1. The number of amides is 1. The van der Waals surface area contributed by atoms with E-state index in [4.69, 9.17) is 15.4 Å².